The number of carbonyl (C=O) groups is 3. The lowest BCUT2D eigenvalue weighted by molar-refractivity contribution is -0.150. The standard InChI is InChI=1S/C18H19N3O5S/c1-2-3-10-8-27-17-13(16(24)21(17)14(10)18(25)26)20-15(23)12(19)9-4-6-11(22)7-5-9/h2-7,12-13,17,22H,8,19H2,1H3,(H,20,23)(H,25,26)/t12?,13?,17-/m1/s1. The molecule has 2 heterocycles. The second-order valence-corrected chi connectivity index (χ2v) is 7.25. The van der Waals surface area contributed by atoms with E-state index in [9.17, 15) is 24.6 Å². The zero-order chi connectivity index (χ0) is 19.7. The molecule has 2 unspecified atom stereocenters. The van der Waals surface area contributed by atoms with Gasteiger partial charge < -0.3 is 21.3 Å². The van der Waals surface area contributed by atoms with Gasteiger partial charge in [0.1, 0.15) is 28.9 Å². The van der Waals surface area contributed by atoms with Gasteiger partial charge in [-0.1, -0.05) is 24.3 Å². The average Bonchev–Trinajstić information content (AvgIpc) is 2.65. The van der Waals surface area contributed by atoms with Crippen molar-refractivity contribution < 1.29 is 24.6 Å². The molecule has 0 spiro atoms. The summed E-state index contributed by atoms with van der Waals surface area (Å²) < 4.78 is 0. The molecule has 27 heavy (non-hydrogen) atoms. The predicted octanol–water partition coefficient (Wildman–Crippen LogP) is 0.707. The molecule has 0 radical (unpaired) electrons. The second kappa shape index (κ2) is 7.45. The Morgan fingerprint density at radius 2 is 2.04 bits per heavy atom. The zero-order valence-electron chi connectivity index (χ0n) is 14.5. The van der Waals surface area contributed by atoms with Crippen molar-refractivity contribution >= 4 is 29.5 Å². The van der Waals surface area contributed by atoms with Crippen molar-refractivity contribution in [3.63, 3.8) is 0 Å². The van der Waals surface area contributed by atoms with Crippen LogP contribution in [0.1, 0.15) is 18.5 Å². The van der Waals surface area contributed by atoms with Gasteiger partial charge in [0.25, 0.3) is 5.91 Å². The predicted molar refractivity (Wildman–Crippen MR) is 99.5 cm³/mol. The fourth-order valence-electron chi connectivity index (χ4n) is 3.05. The largest absolute Gasteiger partial charge is 0.508 e. The summed E-state index contributed by atoms with van der Waals surface area (Å²) in [4.78, 5) is 37.7. The van der Waals surface area contributed by atoms with E-state index in [0.29, 0.717) is 16.9 Å². The molecule has 2 amide bonds. The molecule has 9 heteroatoms. The van der Waals surface area contributed by atoms with Crippen molar-refractivity contribution in [1.29, 1.82) is 0 Å². The van der Waals surface area contributed by atoms with Crippen LogP contribution in [0.5, 0.6) is 5.75 Å². The van der Waals surface area contributed by atoms with Crippen LogP contribution >= 0.6 is 11.8 Å². The van der Waals surface area contributed by atoms with Gasteiger partial charge in [-0.25, -0.2) is 4.79 Å². The molecule has 0 aromatic heterocycles. The van der Waals surface area contributed by atoms with Gasteiger partial charge in [-0.15, -0.1) is 11.8 Å². The van der Waals surface area contributed by atoms with Gasteiger partial charge in [0.05, 0.1) is 0 Å². The Bertz CT molecular complexity index is 849. The fourth-order valence-corrected chi connectivity index (χ4v) is 4.37. The molecule has 1 fully saturated rings. The quantitative estimate of drug-likeness (QED) is 0.545. The number of aliphatic carboxylic acids is 1. The van der Waals surface area contributed by atoms with Crippen LogP contribution in [0.2, 0.25) is 0 Å². The first-order valence-electron chi connectivity index (χ1n) is 8.24. The first-order chi connectivity index (χ1) is 12.8. The number of benzene rings is 1. The van der Waals surface area contributed by atoms with Crippen LogP contribution in [0.15, 0.2) is 47.7 Å². The second-order valence-electron chi connectivity index (χ2n) is 6.14. The minimum absolute atomic E-state index is 0.0461. The molecular weight excluding hydrogens is 370 g/mol. The number of phenolic OH excluding ortho intramolecular Hbond substituents is 1. The smallest absolute Gasteiger partial charge is 0.352 e. The first kappa shape index (κ1) is 19.0. The van der Waals surface area contributed by atoms with Gasteiger partial charge in [-0.05, 0) is 30.2 Å². The van der Waals surface area contributed by atoms with Crippen molar-refractivity contribution in [1.82, 2.24) is 10.2 Å². The van der Waals surface area contributed by atoms with Gasteiger partial charge in [0.15, 0.2) is 0 Å². The third kappa shape index (κ3) is 3.43. The maximum atomic E-state index is 12.5. The molecule has 0 bridgehead atoms. The number of nitrogens with one attached hydrogen (secondary N) is 1. The van der Waals surface area contributed by atoms with Crippen LogP contribution in [-0.4, -0.2) is 50.1 Å². The summed E-state index contributed by atoms with van der Waals surface area (Å²) in [7, 11) is 0. The molecule has 5 N–H and O–H groups in total. The van der Waals surface area contributed by atoms with Crippen molar-refractivity contribution in [3.05, 3.63) is 53.3 Å². The van der Waals surface area contributed by atoms with Crippen LogP contribution in [-0.2, 0) is 14.4 Å². The van der Waals surface area contributed by atoms with Crippen molar-refractivity contribution in [2.24, 2.45) is 5.73 Å². The Kier molecular flexibility index (Phi) is 5.24. The van der Waals surface area contributed by atoms with Crippen LogP contribution in [0.4, 0.5) is 0 Å². The van der Waals surface area contributed by atoms with Crippen LogP contribution in [0.25, 0.3) is 0 Å². The van der Waals surface area contributed by atoms with E-state index in [1.807, 2.05) is 0 Å². The number of amides is 2. The first-order valence-corrected chi connectivity index (χ1v) is 9.28. The van der Waals surface area contributed by atoms with Crippen molar-refractivity contribution in [2.75, 3.05) is 5.75 Å². The van der Waals surface area contributed by atoms with Gasteiger partial charge in [0, 0.05) is 5.75 Å². The van der Waals surface area contributed by atoms with E-state index in [0.717, 1.165) is 0 Å². The average molecular weight is 389 g/mol. The highest BCUT2D eigenvalue weighted by molar-refractivity contribution is 8.00. The van der Waals surface area contributed by atoms with E-state index in [4.69, 9.17) is 5.73 Å². The van der Waals surface area contributed by atoms with Crippen LogP contribution in [0, 0.1) is 0 Å². The Hall–Kier alpha value is -2.78. The summed E-state index contributed by atoms with van der Waals surface area (Å²) in [6.07, 6.45) is 3.39. The number of allylic oxidation sites excluding steroid dienone is 2. The van der Waals surface area contributed by atoms with Crippen LogP contribution < -0.4 is 11.1 Å². The zero-order valence-corrected chi connectivity index (χ0v) is 15.3. The number of thioether (sulfide) groups is 1. The molecule has 1 aromatic carbocycles. The normalized spacial score (nSPS) is 23.0. The number of hydrogen-bond acceptors (Lipinski definition) is 6. The molecule has 8 nitrogen and oxygen atoms in total. The molecule has 142 valence electrons. The number of carbonyl (C=O) groups excluding carboxylic acids is 2. The molecule has 0 aliphatic carbocycles. The Morgan fingerprint density at radius 3 is 2.63 bits per heavy atom. The van der Waals surface area contributed by atoms with E-state index < -0.39 is 35.2 Å². The molecule has 2 aliphatic heterocycles. The van der Waals surface area contributed by atoms with E-state index in [-0.39, 0.29) is 11.4 Å². The topological polar surface area (TPSA) is 133 Å². The van der Waals surface area contributed by atoms with E-state index in [2.05, 4.69) is 5.32 Å². The highest BCUT2D eigenvalue weighted by Crippen LogP contribution is 2.40. The van der Waals surface area contributed by atoms with Gasteiger partial charge in [-0.2, -0.15) is 0 Å². The maximum absolute atomic E-state index is 12.5. The summed E-state index contributed by atoms with van der Waals surface area (Å²) in [5.74, 6) is -1.71. The number of nitrogens with two attached hydrogens (primary N) is 1. The summed E-state index contributed by atoms with van der Waals surface area (Å²) in [5, 5.41) is 20.9. The highest BCUT2D eigenvalue weighted by atomic mass is 32.2. The fraction of sp³-hybridized carbons (Fsp3) is 0.278. The number of carboxylic acids is 1. The number of rotatable bonds is 5. The van der Waals surface area contributed by atoms with E-state index in [1.54, 1.807) is 19.1 Å². The lowest BCUT2D eigenvalue weighted by Gasteiger charge is -2.49. The van der Waals surface area contributed by atoms with E-state index >= 15 is 0 Å². The Balaban J connectivity index is 1.74. The molecule has 0 saturated carbocycles. The summed E-state index contributed by atoms with van der Waals surface area (Å²) >= 11 is 1.39. The SMILES string of the molecule is CC=CC1=C(C(=O)O)N2C(=O)C(NC(=O)C(N)c3ccc(O)cc3)[C@H]2SC1. The minimum atomic E-state index is -1.17. The lowest BCUT2D eigenvalue weighted by Crippen LogP contribution is -2.71. The molecule has 3 atom stereocenters. The summed E-state index contributed by atoms with van der Waals surface area (Å²) in [5.41, 5.74) is 6.93. The monoisotopic (exact) mass is 389 g/mol. The van der Waals surface area contributed by atoms with Crippen LogP contribution in [0.3, 0.4) is 0 Å². The molecule has 1 saturated heterocycles. The number of phenols is 1. The third-order valence-electron chi connectivity index (χ3n) is 4.40. The number of nitrogens with zero attached hydrogens (tertiary/aromatic N) is 1. The maximum Gasteiger partial charge on any atom is 0.352 e. The highest BCUT2D eigenvalue weighted by Gasteiger charge is 2.54. The molecule has 2 aliphatic rings. The minimum Gasteiger partial charge on any atom is -0.508 e. The lowest BCUT2D eigenvalue weighted by atomic mass is 10.0. The number of β-lactam (4-membered cyclic amide) rings is 1. The molecule has 1 aromatic rings. The number of hydrogen-bond donors (Lipinski definition) is 4. The molecule has 3 rings (SSSR count). The number of fused-ring (bicyclic) bond motifs is 1. The van der Waals surface area contributed by atoms with Gasteiger partial charge in [-0.3, -0.25) is 14.5 Å². The van der Waals surface area contributed by atoms with Crippen molar-refractivity contribution in [3.8, 4) is 5.75 Å². The van der Waals surface area contributed by atoms with Gasteiger partial charge in [0.2, 0.25) is 5.91 Å². The third-order valence-corrected chi connectivity index (χ3v) is 5.70. The summed E-state index contributed by atoms with van der Waals surface area (Å²) in [6, 6.07) is 4.06. The van der Waals surface area contributed by atoms with E-state index in [1.165, 1.54) is 40.9 Å². The van der Waals surface area contributed by atoms with Gasteiger partial charge >= 0.3 is 5.97 Å². The Morgan fingerprint density at radius 1 is 1.37 bits per heavy atom. The molecular formula is C18H19N3O5S. The Labute approximate surface area is 159 Å². The van der Waals surface area contributed by atoms with Crippen molar-refractivity contribution in [2.45, 2.75) is 24.4 Å². The number of aromatic hydroxyl groups is 1. The number of carboxylic acid groups (broad SMARTS) is 1. The summed E-state index contributed by atoms with van der Waals surface area (Å²) in [6.45, 7) is 1.77.